The monoisotopic (exact) mass is 728 g/mol. The number of rotatable bonds is 20. The van der Waals surface area contributed by atoms with E-state index in [0.717, 1.165) is 68.1 Å². The van der Waals surface area contributed by atoms with Gasteiger partial charge in [0.15, 0.2) is 0 Å². The predicted octanol–water partition coefficient (Wildman–Crippen LogP) is 7.59. The number of benzene rings is 2. The second kappa shape index (κ2) is 17.9. The third-order valence-electron chi connectivity index (χ3n) is 11.2. The molecule has 3 aliphatic carbocycles. The summed E-state index contributed by atoms with van der Waals surface area (Å²) in [6.07, 6.45) is 12.7. The van der Waals surface area contributed by atoms with Gasteiger partial charge < -0.3 is 34.2 Å². The molecule has 0 bridgehead atoms. The number of ether oxygens (including phenoxy) is 3. The lowest BCUT2D eigenvalue weighted by Crippen LogP contribution is -2.70. The molecule has 6 atom stereocenters. The third kappa shape index (κ3) is 8.25. The summed E-state index contributed by atoms with van der Waals surface area (Å²) < 4.78 is 20.7. The summed E-state index contributed by atoms with van der Waals surface area (Å²) in [5, 5.41) is 24.4. The van der Waals surface area contributed by atoms with E-state index in [4.69, 9.17) is 24.2 Å². The van der Waals surface area contributed by atoms with Crippen LogP contribution in [0.3, 0.4) is 0 Å². The van der Waals surface area contributed by atoms with Crippen molar-refractivity contribution in [2.75, 3.05) is 33.0 Å². The molecule has 2 aromatic carbocycles. The van der Waals surface area contributed by atoms with Gasteiger partial charge in [-0.3, -0.25) is 9.59 Å². The predicted molar refractivity (Wildman–Crippen MR) is 203 cm³/mol. The van der Waals surface area contributed by atoms with Gasteiger partial charge in [0.1, 0.15) is 36.2 Å². The Kier molecular flexibility index (Phi) is 13.1. The summed E-state index contributed by atoms with van der Waals surface area (Å²) in [6.45, 7) is 9.46. The van der Waals surface area contributed by atoms with Crippen LogP contribution in [0.4, 0.5) is 0 Å². The molecular formula is C43H56N2O8. The van der Waals surface area contributed by atoms with Gasteiger partial charge in [0.25, 0.3) is 0 Å². The molecule has 10 heteroatoms. The normalized spacial score (nSPS) is 26.5. The first-order valence-electron chi connectivity index (χ1n) is 19.7. The highest BCUT2D eigenvalue weighted by Gasteiger charge is 2.65. The number of carbonyl (C=O) groups is 2. The molecule has 4 aliphatic rings. The van der Waals surface area contributed by atoms with Gasteiger partial charge in [-0.05, 0) is 99.6 Å². The highest BCUT2D eigenvalue weighted by molar-refractivity contribution is 6.03. The van der Waals surface area contributed by atoms with Crippen molar-refractivity contribution >= 4 is 17.9 Å². The molecule has 2 aromatic rings. The van der Waals surface area contributed by atoms with Crippen molar-refractivity contribution in [1.82, 2.24) is 4.90 Å². The summed E-state index contributed by atoms with van der Waals surface area (Å²) >= 11 is 0. The Bertz CT molecular complexity index is 1650. The van der Waals surface area contributed by atoms with Crippen LogP contribution in [0.25, 0.3) is 0 Å². The number of carbonyl (C=O) groups excluding carboxylic acids is 2. The average molecular weight is 729 g/mol. The van der Waals surface area contributed by atoms with Gasteiger partial charge in [-0.15, -0.1) is 6.58 Å². The maximum Gasteiger partial charge on any atom is 0.239 e. The fraction of sp³-hybridized carbons (Fsp3) is 0.558. The number of aliphatic hydroxyl groups excluding tert-OH is 2. The summed E-state index contributed by atoms with van der Waals surface area (Å²) in [4.78, 5) is 33.6. The van der Waals surface area contributed by atoms with Crippen molar-refractivity contribution in [3.63, 3.8) is 0 Å². The van der Waals surface area contributed by atoms with Crippen LogP contribution in [0.1, 0.15) is 99.9 Å². The van der Waals surface area contributed by atoms with Gasteiger partial charge >= 0.3 is 0 Å². The number of oxime groups is 1. The lowest BCUT2D eigenvalue weighted by atomic mass is 9.55. The van der Waals surface area contributed by atoms with E-state index in [1.54, 1.807) is 24.3 Å². The molecule has 0 saturated heterocycles. The second-order valence-corrected chi connectivity index (χ2v) is 14.8. The second-order valence-electron chi connectivity index (χ2n) is 14.8. The van der Waals surface area contributed by atoms with E-state index in [0.29, 0.717) is 55.2 Å². The Hall–Kier alpha value is -3.99. The highest BCUT2D eigenvalue weighted by Crippen LogP contribution is 2.62. The first kappa shape index (κ1) is 38.7. The maximum absolute atomic E-state index is 14.2. The van der Waals surface area contributed by atoms with Gasteiger partial charge in [-0.2, -0.15) is 0 Å². The van der Waals surface area contributed by atoms with E-state index in [-0.39, 0.29) is 55.3 Å². The number of allylic oxidation sites excluding steroid dienone is 1. The van der Waals surface area contributed by atoms with E-state index in [9.17, 15) is 19.8 Å². The van der Waals surface area contributed by atoms with Crippen LogP contribution >= 0.6 is 0 Å². The molecule has 0 aromatic heterocycles. The fourth-order valence-electron chi connectivity index (χ4n) is 8.87. The minimum absolute atomic E-state index is 0.000173. The number of unbranched alkanes of at least 4 members (excludes halogenated alkanes) is 2. The van der Waals surface area contributed by atoms with E-state index in [2.05, 4.69) is 25.6 Å². The number of hydrogen-bond acceptors (Lipinski definition) is 9. The van der Waals surface area contributed by atoms with Gasteiger partial charge in [-0.25, -0.2) is 0 Å². The molecule has 286 valence electrons. The third-order valence-corrected chi connectivity index (χ3v) is 11.2. The van der Waals surface area contributed by atoms with Gasteiger partial charge in [0.2, 0.25) is 11.7 Å². The molecule has 6 rings (SSSR count). The molecule has 2 saturated carbocycles. The van der Waals surface area contributed by atoms with Crippen molar-refractivity contribution < 1.29 is 38.9 Å². The number of aldehydes is 1. The zero-order valence-electron chi connectivity index (χ0n) is 31.3. The van der Waals surface area contributed by atoms with E-state index in [1.165, 1.54) is 0 Å². The van der Waals surface area contributed by atoms with Crippen LogP contribution in [-0.2, 0) is 14.4 Å². The fourth-order valence-corrected chi connectivity index (χ4v) is 8.87. The minimum atomic E-state index is -1.26. The molecule has 1 amide bonds. The first-order valence-corrected chi connectivity index (χ1v) is 19.7. The van der Waals surface area contributed by atoms with Gasteiger partial charge in [0.05, 0.1) is 18.2 Å². The highest BCUT2D eigenvalue weighted by atomic mass is 16.7. The summed E-state index contributed by atoms with van der Waals surface area (Å²) in [7, 11) is 0. The van der Waals surface area contributed by atoms with Crippen LogP contribution in [0.5, 0.6) is 17.2 Å². The SMILES string of the molecule is C=CCO[C@@]12Oc3ccc(Oc4cccc(C=O)c4)cc3[C@H]3[C@H](CCCCO)[C@@H](CCCCO)C=C(C(=NOCC)C[C@@H]1N(CCC)C(=O)C1CC1)[C@H]32. The van der Waals surface area contributed by atoms with E-state index < -0.39 is 11.8 Å². The molecule has 2 N–H and O–H groups in total. The lowest BCUT2D eigenvalue weighted by molar-refractivity contribution is -0.257. The van der Waals surface area contributed by atoms with E-state index in [1.807, 2.05) is 30.0 Å². The summed E-state index contributed by atoms with van der Waals surface area (Å²) in [5.41, 5.74) is 3.33. The maximum atomic E-state index is 14.2. The van der Waals surface area contributed by atoms with Crippen LogP contribution in [-0.4, -0.2) is 77.8 Å². The zero-order valence-corrected chi connectivity index (χ0v) is 31.3. The van der Waals surface area contributed by atoms with Crippen LogP contribution in [0.2, 0.25) is 0 Å². The first-order chi connectivity index (χ1) is 25.9. The average Bonchev–Trinajstić information content (AvgIpc) is 4.03. The molecule has 0 radical (unpaired) electrons. The van der Waals surface area contributed by atoms with Crippen LogP contribution in [0, 0.1) is 23.7 Å². The molecule has 0 unspecified atom stereocenters. The van der Waals surface area contributed by atoms with Gasteiger partial charge in [0, 0.05) is 49.1 Å². The number of hydrogen-bond donors (Lipinski definition) is 2. The Morgan fingerprint density at radius 2 is 1.83 bits per heavy atom. The summed E-state index contributed by atoms with van der Waals surface area (Å²) in [6, 6.07) is 12.5. The molecular weight excluding hydrogens is 672 g/mol. The van der Waals surface area contributed by atoms with Crippen molar-refractivity contribution in [3.05, 3.63) is 77.9 Å². The molecule has 10 nitrogen and oxygen atoms in total. The number of nitrogens with zero attached hydrogens (tertiary/aromatic N) is 2. The van der Waals surface area contributed by atoms with Crippen molar-refractivity contribution in [1.29, 1.82) is 0 Å². The Balaban J connectivity index is 1.57. The van der Waals surface area contributed by atoms with Crippen molar-refractivity contribution in [2.45, 2.75) is 95.8 Å². The lowest BCUT2D eigenvalue weighted by Gasteiger charge is -2.60. The number of fused-ring (bicyclic) bond motifs is 2. The number of amides is 1. The quantitative estimate of drug-likeness (QED) is 0.0618. The minimum Gasteiger partial charge on any atom is -0.459 e. The largest absolute Gasteiger partial charge is 0.459 e. The Morgan fingerprint density at radius 1 is 1.06 bits per heavy atom. The Morgan fingerprint density at radius 3 is 2.53 bits per heavy atom. The van der Waals surface area contributed by atoms with Crippen molar-refractivity contribution in [3.8, 4) is 17.2 Å². The van der Waals surface area contributed by atoms with Crippen LogP contribution < -0.4 is 9.47 Å². The molecule has 0 spiro atoms. The van der Waals surface area contributed by atoms with E-state index >= 15 is 0 Å². The standard InChI is InChI=1S/C43H56N2O8/c1-4-20-45(42(49)30-16-17-30)39-27-37(44-51-6-3)35-25-31(13-7-9-21-46)34(15-8-10-22-47)40-36-26-33(52-32-14-11-12-29(24-32)28-48)18-19-38(36)53-43(39,41(35)40)50-23-5-2/h5,11-12,14,18-19,24-26,28,30-31,34,39-41,46-47H,2,4,6-10,13,15-17,20-23,27H2,1,3H3/t31-,34+,39-,40+,41+,43+/m0/s1. The van der Waals surface area contributed by atoms with Crippen molar-refractivity contribution in [2.24, 2.45) is 28.8 Å². The molecule has 2 fully saturated rings. The summed E-state index contributed by atoms with van der Waals surface area (Å²) in [5.74, 6) is 0.473. The van der Waals surface area contributed by atoms with Gasteiger partial charge in [-0.1, -0.05) is 49.2 Å². The molecule has 1 aliphatic heterocycles. The zero-order chi connectivity index (χ0) is 37.4. The Labute approximate surface area is 313 Å². The smallest absolute Gasteiger partial charge is 0.239 e. The molecule has 53 heavy (non-hydrogen) atoms. The molecule has 1 heterocycles. The number of aliphatic hydroxyl groups is 2. The van der Waals surface area contributed by atoms with Crippen LogP contribution in [0.15, 0.2) is 71.9 Å². The topological polar surface area (TPSA) is 127 Å².